The first kappa shape index (κ1) is 16.5. The van der Waals surface area contributed by atoms with Gasteiger partial charge in [-0.1, -0.05) is 41.9 Å². The van der Waals surface area contributed by atoms with Gasteiger partial charge in [0.2, 0.25) is 0 Å². The third kappa shape index (κ3) is 2.62. The van der Waals surface area contributed by atoms with Crippen molar-refractivity contribution in [1.82, 2.24) is 0 Å². The van der Waals surface area contributed by atoms with Crippen molar-refractivity contribution in [2.24, 2.45) is 0 Å². The van der Waals surface area contributed by atoms with Crippen LogP contribution in [0.5, 0.6) is 0 Å². The SMILES string of the molecule is Cc1cc(-c2ccc(Cl)cc2)ccc1C1C(=O)C2CCC(C)(O2)C1=O. The first-order chi connectivity index (χ1) is 11.9. The summed E-state index contributed by atoms with van der Waals surface area (Å²) in [5, 5.41) is 0.694. The number of ketones is 2. The number of aryl methyl sites for hydroxylation is 1. The first-order valence-electron chi connectivity index (χ1n) is 8.51. The van der Waals surface area contributed by atoms with Crippen molar-refractivity contribution < 1.29 is 14.3 Å². The predicted octanol–water partition coefficient (Wildman–Crippen LogP) is 4.49. The summed E-state index contributed by atoms with van der Waals surface area (Å²) in [5.41, 5.74) is 3.03. The van der Waals surface area contributed by atoms with Crippen LogP contribution in [-0.2, 0) is 14.3 Å². The van der Waals surface area contributed by atoms with Gasteiger partial charge in [-0.2, -0.15) is 0 Å². The second kappa shape index (κ2) is 5.79. The molecule has 0 radical (unpaired) electrons. The van der Waals surface area contributed by atoms with Gasteiger partial charge in [-0.3, -0.25) is 9.59 Å². The van der Waals surface area contributed by atoms with E-state index in [9.17, 15) is 9.59 Å². The molecule has 2 bridgehead atoms. The second-order valence-corrected chi connectivity index (χ2v) is 7.59. The van der Waals surface area contributed by atoms with Crippen LogP contribution in [0.2, 0.25) is 5.02 Å². The minimum Gasteiger partial charge on any atom is -0.356 e. The number of Topliss-reactive ketones (excluding diaryl/α,β-unsaturated/α-hetero) is 2. The number of ether oxygens (including phenoxy) is 1. The molecular formula is C21H19ClO3. The van der Waals surface area contributed by atoms with Crippen LogP contribution < -0.4 is 0 Å². The summed E-state index contributed by atoms with van der Waals surface area (Å²) in [6, 6.07) is 13.5. The summed E-state index contributed by atoms with van der Waals surface area (Å²) in [7, 11) is 0. The highest BCUT2D eigenvalue weighted by Crippen LogP contribution is 2.44. The molecule has 2 aliphatic rings. The van der Waals surface area contributed by atoms with E-state index >= 15 is 0 Å². The molecule has 4 rings (SSSR count). The molecule has 2 aliphatic heterocycles. The lowest BCUT2D eigenvalue weighted by molar-refractivity contribution is -0.160. The lowest BCUT2D eigenvalue weighted by atomic mass is 9.79. The van der Waals surface area contributed by atoms with E-state index in [1.165, 1.54) is 0 Å². The van der Waals surface area contributed by atoms with E-state index in [1.807, 2.05) is 56.3 Å². The zero-order valence-electron chi connectivity index (χ0n) is 14.2. The summed E-state index contributed by atoms with van der Waals surface area (Å²) >= 11 is 5.95. The fraction of sp³-hybridized carbons (Fsp3) is 0.333. The van der Waals surface area contributed by atoms with Crippen LogP contribution in [0.3, 0.4) is 0 Å². The highest BCUT2D eigenvalue weighted by molar-refractivity contribution is 6.30. The third-order valence-electron chi connectivity index (χ3n) is 5.43. The van der Waals surface area contributed by atoms with E-state index in [0.29, 0.717) is 17.9 Å². The monoisotopic (exact) mass is 354 g/mol. The van der Waals surface area contributed by atoms with E-state index in [1.54, 1.807) is 0 Å². The molecule has 0 N–H and O–H groups in total. The summed E-state index contributed by atoms with van der Waals surface area (Å²) in [5.74, 6) is -0.901. The van der Waals surface area contributed by atoms with Crippen LogP contribution in [0.25, 0.3) is 11.1 Å². The number of halogens is 1. The van der Waals surface area contributed by atoms with Crippen LogP contribution in [0, 0.1) is 6.92 Å². The lowest BCUT2D eigenvalue weighted by Gasteiger charge is -2.33. The van der Waals surface area contributed by atoms with Crippen molar-refractivity contribution in [3.8, 4) is 11.1 Å². The topological polar surface area (TPSA) is 43.4 Å². The van der Waals surface area contributed by atoms with Gasteiger partial charge in [0.1, 0.15) is 17.6 Å². The van der Waals surface area contributed by atoms with Gasteiger partial charge in [0.15, 0.2) is 11.6 Å². The van der Waals surface area contributed by atoms with Gasteiger partial charge in [0, 0.05) is 5.02 Å². The Labute approximate surface area is 152 Å². The van der Waals surface area contributed by atoms with Crippen molar-refractivity contribution in [2.45, 2.75) is 44.3 Å². The van der Waals surface area contributed by atoms with Crippen LogP contribution in [0.15, 0.2) is 42.5 Å². The highest BCUT2D eigenvalue weighted by atomic mass is 35.5. The molecule has 2 fully saturated rings. The number of fused-ring (bicyclic) bond motifs is 2. The van der Waals surface area contributed by atoms with Crippen molar-refractivity contribution in [3.63, 3.8) is 0 Å². The molecular weight excluding hydrogens is 336 g/mol. The van der Waals surface area contributed by atoms with Crippen LogP contribution in [-0.4, -0.2) is 23.3 Å². The maximum absolute atomic E-state index is 12.9. The van der Waals surface area contributed by atoms with E-state index < -0.39 is 17.6 Å². The fourth-order valence-corrected chi connectivity index (χ4v) is 4.08. The van der Waals surface area contributed by atoms with Gasteiger partial charge in [0.05, 0.1) is 0 Å². The van der Waals surface area contributed by atoms with Crippen molar-refractivity contribution in [3.05, 3.63) is 58.6 Å². The molecule has 4 heteroatoms. The first-order valence-corrected chi connectivity index (χ1v) is 8.89. The summed E-state index contributed by atoms with van der Waals surface area (Å²) in [6.07, 6.45) is 0.822. The standard InChI is InChI=1S/C21H19ClO3/c1-12-11-14(13-3-6-15(22)7-4-13)5-8-16(12)18-19(23)17-9-10-21(2,25-17)20(18)24/h3-8,11,17-18H,9-10H2,1-2H3. The Kier molecular flexibility index (Phi) is 3.82. The molecule has 3 nitrogen and oxygen atoms in total. The number of hydrogen-bond donors (Lipinski definition) is 0. The molecule has 2 aromatic carbocycles. The summed E-state index contributed by atoms with van der Waals surface area (Å²) in [4.78, 5) is 25.6. The summed E-state index contributed by atoms with van der Waals surface area (Å²) in [6.45, 7) is 3.77. The molecule has 3 unspecified atom stereocenters. The van der Waals surface area contributed by atoms with E-state index in [2.05, 4.69) is 0 Å². The molecule has 0 saturated carbocycles. The number of rotatable bonds is 2. The van der Waals surface area contributed by atoms with Gasteiger partial charge >= 0.3 is 0 Å². The minimum atomic E-state index is -0.815. The molecule has 25 heavy (non-hydrogen) atoms. The zero-order chi connectivity index (χ0) is 17.8. The smallest absolute Gasteiger partial charge is 0.179 e. The van der Waals surface area contributed by atoms with Crippen LogP contribution >= 0.6 is 11.6 Å². The number of benzene rings is 2. The predicted molar refractivity (Wildman–Crippen MR) is 96.9 cm³/mol. The maximum Gasteiger partial charge on any atom is 0.179 e. The molecule has 0 aromatic heterocycles. The Morgan fingerprint density at radius 3 is 2.44 bits per heavy atom. The number of carbonyl (C=O) groups is 2. The molecule has 0 spiro atoms. The van der Waals surface area contributed by atoms with Crippen molar-refractivity contribution in [1.29, 1.82) is 0 Å². The Balaban J connectivity index is 1.73. The van der Waals surface area contributed by atoms with Crippen molar-refractivity contribution >= 4 is 23.2 Å². The highest BCUT2D eigenvalue weighted by Gasteiger charge is 2.55. The molecule has 128 valence electrons. The maximum atomic E-state index is 12.9. The quantitative estimate of drug-likeness (QED) is 0.746. The Hall–Kier alpha value is -1.97. The molecule has 2 aromatic rings. The molecule has 0 amide bonds. The van der Waals surface area contributed by atoms with Gasteiger partial charge in [-0.15, -0.1) is 0 Å². The van der Waals surface area contributed by atoms with Crippen LogP contribution in [0.1, 0.15) is 36.8 Å². The molecule has 0 aliphatic carbocycles. The average molecular weight is 355 g/mol. The van der Waals surface area contributed by atoms with Gasteiger partial charge in [-0.25, -0.2) is 0 Å². The van der Waals surface area contributed by atoms with Gasteiger partial charge in [0.25, 0.3) is 0 Å². The Morgan fingerprint density at radius 1 is 1.08 bits per heavy atom. The van der Waals surface area contributed by atoms with Crippen molar-refractivity contribution in [2.75, 3.05) is 0 Å². The van der Waals surface area contributed by atoms with E-state index in [0.717, 1.165) is 22.3 Å². The largest absolute Gasteiger partial charge is 0.356 e. The van der Waals surface area contributed by atoms with Crippen LogP contribution in [0.4, 0.5) is 0 Å². The molecule has 2 saturated heterocycles. The fourth-order valence-electron chi connectivity index (χ4n) is 3.96. The third-order valence-corrected chi connectivity index (χ3v) is 5.68. The number of carbonyl (C=O) groups excluding carboxylic acids is 2. The lowest BCUT2D eigenvalue weighted by Crippen LogP contribution is -2.49. The van der Waals surface area contributed by atoms with E-state index in [4.69, 9.17) is 16.3 Å². The van der Waals surface area contributed by atoms with Gasteiger partial charge < -0.3 is 4.74 Å². The van der Waals surface area contributed by atoms with E-state index in [-0.39, 0.29) is 11.6 Å². The number of hydrogen-bond acceptors (Lipinski definition) is 3. The minimum absolute atomic E-state index is 0.0951. The zero-order valence-corrected chi connectivity index (χ0v) is 15.0. The average Bonchev–Trinajstić information content (AvgIpc) is 2.97. The summed E-state index contributed by atoms with van der Waals surface area (Å²) < 4.78 is 5.69. The Bertz CT molecular complexity index is 871. The molecule has 3 atom stereocenters. The normalized spacial score (nSPS) is 28.4. The molecule has 2 heterocycles. The Morgan fingerprint density at radius 2 is 1.76 bits per heavy atom. The second-order valence-electron chi connectivity index (χ2n) is 7.15. The van der Waals surface area contributed by atoms with Gasteiger partial charge in [-0.05, 0) is 61.1 Å².